The fourth-order valence-corrected chi connectivity index (χ4v) is 6.20. The maximum absolute atomic E-state index is 13.9. The third-order valence-corrected chi connectivity index (χ3v) is 9.48. The van der Waals surface area contributed by atoms with Crippen LogP contribution in [0, 0.1) is 36.3 Å². The number of hydrogen-bond donors (Lipinski definition) is 6. The Morgan fingerprint density at radius 3 is 1.90 bits per heavy atom. The highest BCUT2D eigenvalue weighted by Gasteiger charge is 2.32. The molecule has 0 radical (unpaired) electrons. The number of nitrogens with two attached hydrogens (primary N) is 1. The fraction of sp³-hybridized carbons (Fsp3) is 0.543. The number of ether oxygens (including phenoxy) is 1. The van der Waals surface area contributed by atoms with E-state index < -0.39 is 71.2 Å². The molecule has 1 aromatic carbocycles. The molecule has 0 spiro atoms. The maximum atomic E-state index is 13.9. The average Bonchev–Trinajstić information content (AvgIpc) is 3.39. The van der Waals surface area contributed by atoms with Gasteiger partial charge in [-0.2, -0.15) is 0 Å². The Balaban J connectivity index is 2.11. The third kappa shape index (κ3) is 11.3. The van der Waals surface area contributed by atoms with Gasteiger partial charge in [-0.25, -0.2) is 13.6 Å². The van der Waals surface area contributed by atoms with Gasteiger partial charge in [-0.15, -0.1) is 11.3 Å². The predicted octanol–water partition coefficient (Wildman–Crippen LogP) is 3.36. The zero-order chi connectivity index (χ0) is 38.7. The zero-order valence-corrected chi connectivity index (χ0v) is 31.3. The van der Waals surface area contributed by atoms with Crippen LogP contribution in [0.15, 0.2) is 18.2 Å². The number of rotatable bonds is 17. The topological polar surface area (TPSA) is 198 Å². The van der Waals surface area contributed by atoms with Crippen molar-refractivity contribution in [1.29, 1.82) is 0 Å². The molecule has 4 atom stereocenters. The molecule has 13 nitrogen and oxygen atoms in total. The number of hydrogen-bond acceptors (Lipinski definition) is 9. The second kappa shape index (κ2) is 19.2. The number of carbonyl (C=O) groups is 6. The first-order valence-corrected chi connectivity index (χ1v) is 17.6. The van der Waals surface area contributed by atoms with Gasteiger partial charge in [0.15, 0.2) is 11.6 Å². The summed E-state index contributed by atoms with van der Waals surface area (Å²) in [6, 6.07) is 0.488. The number of methoxy groups -OCH3 is 1. The van der Waals surface area contributed by atoms with Gasteiger partial charge in [0.05, 0.1) is 29.5 Å². The van der Waals surface area contributed by atoms with Crippen molar-refractivity contribution in [3.8, 4) is 0 Å². The molecule has 0 saturated heterocycles. The van der Waals surface area contributed by atoms with E-state index in [1.54, 1.807) is 48.5 Å². The summed E-state index contributed by atoms with van der Waals surface area (Å²) in [5.74, 6) is -7.29. The van der Waals surface area contributed by atoms with E-state index in [2.05, 4.69) is 26.6 Å². The molecule has 2 rings (SSSR count). The summed E-state index contributed by atoms with van der Waals surface area (Å²) >= 11 is 0.836. The normalized spacial score (nSPS) is 13.6. The van der Waals surface area contributed by atoms with Crippen LogP contribution in [0.1, 0.15) is 92.0 Å². The van der Waals surface area contributed by atoms with Crippen LogP contribution in [0.2, 0.25) is 0 Å². The van der Waals surface area contributed by atoms with Crippen molar-refractivity contribution in [3.05, 3.63) is 51.4 Å². The monoisotopic (exact) mass is 736 g/mol. The van der Waals surface area contributed by atoms with E-state index in [0.717, 1.165) is 30.6 Å². The SMILES string of the molecule is CCC(C(=O)Nc1sc(C(=O)NCCNC(=O)C(NC(=O)C(NC(=O)C(N)C(C)C)C(C)C)C(C)C)c(C)c1C(=O)OC)c1ccc(F)c(F)c1. The van der Waals surface area contributed by atoms with Gasteiger partial charge in [-0.05, 0) is 54.4 Å². The number of esters is 1. The summed E-state index contributed by atoms with van der Waals surface area (Å²) in [5.41, 5.74) is 6.38. The second-order valence-electron chi connectivity index (χ2n) is 13.2. The van der Waals surface area contributed by atoms with E-state index >= 15 is 0 Å². The van der Waals surface area contributed by atoms with Gasteiger partial charge < -0.3 is 37.1 Å². The molecule has 16 heteroatoms. The zero-order valence-electron chi connectivity index (χ0n) is 30.5. The molecule has 2 aromatic rings. The molecule has 1 aromatic heterocycles. The van der Waals surface area contributed by atoms with Crippen LogP contribution in [0.5, 0.6) is 0 Å². The van der Waals surface area contributed by atoms with Crippen molar-refractivity contribution in [2.75, 3.05) is 25.5 Å². The largest absolute Gasteiger partial charge is 0.465 e. The smallest absolute Gasteiger partial charge is 0.341 e. The average molecular weight is 737 g/mol. The van der Waals surface area contributed by atoms with Crippen molar-refractivity contribution < 1.29 is 42.3 Å². The molecular formula is C35H50F2N6O7S. The van der Waals surface area contributed by atoms with Gasteiger partial charge in [-0.3, -0.25) is 24.0 Å². The Hall–Kier alpha value is -4.44. The summed E-state index contributed by atoms with van der Waals surface area (Å²) in [5, 5.41) is 13.4. The van der Waals surface area contributed by atoms with E-state index in [4.69, 9.17) is 10.5 Å². The lowest BCUT2D eigenvalue weighted by atomic mass is 9.95. The van der Waals surface area contributed by atoms with Crippen LogP contribution >= 0.6 is 11.3 Å². The van der Waals surface area contributed by atoms with E-state index in [1.165, 1.54) is 13.0 Å². The molecule has 0 aliphatic carbocycles. The molecule has 282 valence electrons. The van der Waals surface area contributed by atoms with Crippen molar-refractivity contribution in [2.45, 2.75) is 85.9 Å². The number of halogens is 2. The van der Waals surface area contributed by atoms with Crippen LogP contribution in [-0.4, -0.2) is 73.8 Å². The molecule has 7 N–H and O–H groups in total. The van der Waals surface area contributed by atoms with Crippen LogP contribution in [0.4, 0.5) is 13.8 Å². The quantitative estimate of drug-likeness (QED) is 0.105. The van der Waals surface area contributed by atoms with Gasteiger partial charge in [0.1, 0.15) is 17.1 Å². The van der Waals surface area contributed by atoms with Crippen LogP contribution in [-0.2, 0) is 23.9 Å². The predicted molar refractivity (Wildman–Crippen MR) is 190 cm³/mol. The number of amides is 5. The van der Waals surface area contributed by atoms with E-state index in [9.17, 15) is 37.5 Å². The lowest BCUT2D eigenvalue weighted by molar-refractivity contribution is -0.134. The van der Waals surface area contributed by atoms with E-state index in [-0.39, 0.29) is 63.8 Å². The minimum Gasteiger partial charge on any atom is -0.465 e. The van der Waals surface area contributed by atoms with Crippen molar-refractivity contribution in [3.63, 3.8) is 0 Å². The third-order valence-electron chi connectivity index (χ3n) is 8.27. The summed E-state index contributed by atoms with van der Waals surface area (Å²) in [7, 11) is 1.15. The Kier molecular flexibility index (Phi) is 16.1. The van der Waals surface area contributed by atoms with Crippen molar-refractivity contribution in [2.24, 2.45) is 23.5 Å². The Labute approximate surface area is 301 Å². The van der Waals surface area contributed by atoms with Gasteiger partial charge in [0.25, 0.3) is 5.91 Å². The second-order valence-corrected chi connectivity index (χ2v) is 14.2. The first-order valence-electron chi connectivity index (χ1n) is 16.8. The molecule has 51 heavy (non-hydrogen) atoms. The summed E-state index contributed by atoms with van der Waals surface area (Å²) in [6.45, 7) is 13.8. The van der Waals surface area contributed by atoms with Crippen LogP contribution in [0.25, 0.3) is 0 Å². The Morgan fingerprint density at radius 1 is 0.804 bits per heavy atom. The number of carbonyl (C=O) groups excluding carboxylic acids is 6. The Morgan fingerprint density at radius 2 is 1.37 bits per heavy atom. The van der Waals surface area contributed by atoms with Gasteiger partial charge in [-0.1, -0.05) is 54.5 Å². The molecule has 5 amide bonds. The van der Waals surface area contributed by atoms with Crippen molar-refractivity contribution >= 4 is 51.8 Å². The van der Waals surface area contributed by atoms with Crippen LogP contribution in [0.3, 0.4) is 0 Å². The molecule has 0 bridgehead atoms. The first kappa shape index (κ1) is 42.7. The lowest BCUT2D eigenvalue weighted by Gasteiger charge is -2.28. The maximum Gasteiger partial charge on any atom is 0.341 e. The summed E-state index contributed by atoms with van der Waals surface area (Å²) in [6.07, 6.45) is 0.233. The molecule has 0 fully saturated rings. The highest BCUT2D eigenvalue weighted by atomic mass is 32.1. The molecular weight excluding hydrogens is 686 g/mol. The minimum atomic E-state index is -1.10. The van der Waals surface area contributed by atoms with E-state index in [1.807, 2.05) is 0 Å². The van der Waals surface area contributed by atoms with Gasteiger partial charge in [0.2, 0.25) is 23.6 Å². The standard InChI is InChI=1S/C35H50F2N6O7S/c1-10-21(20-11-12-22(36)23(37)15-20)29(44)43-34-24(35(49)50-9)19(8)28(51-34)33(48)40-14-13-39-31(46)26(17(4)5)42-32(47)27(18(6)7)41-30(45)25(38)16(2)3/h11-12,15-18,21,25-27H,10,13-14,38H2,1-9H3,(H,39,46)(H,40,48)(H,41,45)(H,42,47)(H,43,44). The summed E-state index contributed by atoms with van der Waals surface area (Å²) in [4.78, 5) is 78.1. The van der Waals surface area contributed by atoms with Crippen LogP contribution < -0.4 is 32.3 Å². The highest BCUT2D eigenvalue weighted by molar-refractivity contribution is 7.18. The minimum absolute atomic E-state index is 0.0124. The van der Waals surface area contributed by atoms with E-state index in [0.29, 0.717) is 0 Å². The number of anilines is 1. The fourth-order valence-electron chi connectivity index (χ4n) is 5.08. The van der Waals surface area contributed by atoms with Gasteiger partial charge in [0, 0.05) is 13.1 Å². The highest BCUT2D eigenvalue weighted by Crippen LogP contribution is 2.35. The molecule has 0 saturated carbocycles. The number of benzene rings is 1. The molecule has 0 aliphatic heterocycles. The van der Waals surface area contributed by atoms with Gasteiger partial charge >= 0.3 is 5.97 Å². The Bertz CT molecular complexity index is 1600. The first-order chi connectivity index (χ1) is 23.9. The number of thiophene rings is 1. The molecule has 4 unspecified atom stereocenters. The summed E-state index contributed by atoms with van der Waals surface area (Å²) < 4.78 is 32.3. The van der Waals surface area contributed by atoms with Crippen molar-refractivity contribution in [1.82, 2.24) is 21.3 Å². The molecule has 0 aliphatic rings. The lowest BCUT2D eigenvalue weighted by Crippen LogP contribution is -2.59. The molecule has 1 heterocycles. The number of nitrogens with one attached hydrogen (secondary N) is 5.